The van der Waals surface area contributed by atoms with E-state index >= 15 is 0 Å². The van der Waals surface area contributed by atoms with E-state index in [2.05, 4.69) is 12.0 Å². The van der Waals surface area contributed by atoms with Crippen molar-refractivity contribution in [3.63, 3.8) is 0 Å². The molecule has 102 valence electrons. The van der Waals surface area contributed by atoms with E-state index in [0.717, 1.165) is 6.42 Å². The van der Waals surface area contributed by atoms with Gasteiger partial charge in [0.15, 0.2) is 0 Å². The zero-order valence-corrected chi connectivity index (χ0v) is 11.6. The summed E-state index contributed by atoms with van der Waals surface area (Å²) in [6, 6.07) is 0. The summed E-state index contributed by atoms with van der Waals surface area (Å²) >= 11 is 0. The van der Waals surface area contributed by atoms with Crippen molar-refractivity contribution in [2.45, 2.75) is 18.2 Å². The summed E-state index contributed by atoms with van der Waals surface area (Å²) in [4.78, 5) is 0.260. The van der Waals surface area contributed by atoms with Crippen LogP contribution in [0.3, 0.4) is 0 Å². The normalized spacial score (nSPS) is 26.4. The summed E-state index contributed by atoms with van der Waals surface area (Å²) in [6.07, 6.45) is 3.79. The second-order valence-electron chi connectivity index (χ2n) is 4.97. The lowest BCUT2D eigenvalue weighted by Crippen LogP contribution is -2.45. The fourth-order valence-corrected chi connectivity index (χ4v) is 3.82. The van der Waals surface area contributed by atoms with Gasteiger partial charge >= 0.3 is 0 Å². The Morgan fingerprint density at radius 3 is 2.83 bits per heavy atom. The number of rotatable bonds is 3. The van der Waals surface area contributed by atoms with Gasteiger partial charge < -0.3 is 5.73 Å². The quantitative estimate of drug-likeness (QED) is 0.841. The van der Waals surface area contributed by atoms with E-state index in [4.69, 9.17) is 5.73 Å². The van der Waals surface area contributed by atoms with Gasteiger partial charge in [-0.3, -0.25) is 4.68 Å². The molecule has 7 heteroatoms. The van der Waals surface area contributed by atoms with Gasteiger partial charge in [0.05, 0.1) is 6.20 Å². The minimum Gasteiger partial charge on any atom is -0.330 e. The lowest BCUT2D eigenvalue weighted by atomic mass is 9.88. The molecule has 6 nitrogen and oxygen atoms in total. The summed E-state index contributed by atoms with van der Waals surface area (Å²) in [5.74, 6) is 0.723. The van der Waals surface area contributed by atoms with E-state index in [0.29, 0.717) is 25.6 Å². The average Bonchev–Trinajstić information content (AvgIpc) is 2.77. The van der Waals surface area contributed by atoms with Crippen LogP contribution in [0.25, 0.3) is 0 Å². The smallest absolute Gasteiger partial charge is 0.246 e. The highest BCUT2D eigenvalue weighted by molar-refractivity contribution is 7.89. The Morgan fingerprint density at radius 2 is 2.28 bits per heavy atom. The molecule has 1 aliphatic rings. The maximum atomic E-state index is 12.4. The van der Waals surface area contributed by atoms with Crippen LogP contribution in [0.1, 0.15) is 13.3 Å². The molecular formula is C11H20N4O2S. The summed E-state index contributed by atoms with van der Waals surface area (Å²) in [7, 11) is -1.70. The topological polar surface area (TPSA) is 81.2 Å². The van der Waals surface area contributed by atoms with Crippen LogP contribution < -0.4 is 5.73 Å². The van der Waals surface area contributed by atoms with Crippen LogP contribution in [0.2, 0.25) is 0 Å². The Morgan fingerprint density at radius 1 is 1.56 bits per heavy atom. The van der Waals surface area contributed by atoms with Crippen molar-refractivity contribution in [3.8, 4) is 0 Å². The monoisotopic (exact) mass is 272 g/mol. The van der Waals surface area contributed by atoms with Gasteiger partial charge in [-0.2, -0.15) is 9.40 Å². The van der Waals surface area contributed by atoms with Crippen molar-refractivity contribution in [1.29, 1.82) is 0 Å². The summed E-state index contributed by atoms with van der Waals surface area (Å²) in [5.41, 5.74) is 5.70. The molecule has 1 saturated heterocycles. The fourth-order valence-electron chi connectivity index (χ4n) is 2.32. The highest BCUT2D eigenvalue weighted by Gasteiger charge is 2.33. The maximum Gasteiger partial charge on any atom is 0.246 e. The van der Waals surface area contributed by atoms with Crippen LogP contribution in [0.15, 0.2) is 17.3 Å². The van der Waals surface area contributed by atoms with Crippen molar-refractivity contribution in [3.05, 3.63) is 12.4 Å². The first-order chi connectivity index (χ1) is 8.45. The first-order valence-corrected chi connectivity index (χ1v) is 7.58. The van der Waals surface area contributed by atoms with Crippen LogP contribution in [-0.4, -0.2) is 42.1 Å². The molecule has 2 atom stereocenters. The van der Waals surface area contributed by atoms with Gasteiger partial charge in [0.25, 0.3) is 0 Å². The summed E-state index contributed by atoms with van der Waals surface area (Å²) in [6.45, 7) is 3.73. The second-order valence-corrected chi connectivity index (χ2v) is 6.91. The summed E-state index contributed by atoms with van der Waals surface area (Å²) in [5, 5.41) is 3.92. The van der Waals surface area contributed by atoms with Gasteiger partial charge in [0.2, 0.25) is 10.0 Å². The van der Waals surface area contributed by atoms with Crippen LogP contribution in [-0.2, 0) is 17.1 Å². The number of nitrogens with zero attached hydrogens (tertiary/aromatic N) is 3. The molecule has 18 heavy (non-hydrogen) atoms. The van der Waals surface area contributed by atoms with E-state index in [9.17, 15) is 8.42 Å². The first-order valence-electron chi connectivity index (χ1n) is 6.14. The van der Waals surface area contributed by atoms with Crippen molar-refractivity contribution >= 4 is 10.0 Å². The Balaban J connectivity index is 2.21. The largest absolute Gasteiger partial charge is 0.330 e. The van der Waals surface area contributed by atoms with Crippen LogP contribution in [0, 0.1) is 11.8 Å². The van der Waals surface area contributed by atoms with Gasteiger partial charge in [-0.25, -0.2) is 8.42 Å². The van der Waals surface area contributed by atoms with E-state index in [1.54, 1.807) is 7.05 Å². The molecule has 1 fully saturated rings. The average molecular weight is 272 g/mol. The number of aryl methyl sites for hydroxylation is 1. The van der Waals surface area contributed by atoms with E-state index in [1.165, 1.54) is 21.4 Å². The number of nitrogens with two attached hydrogens (primary N) is 1. The van der Waals surface area contributed by atoms with Crippen LogP contribution in [0.5, 0.6) is 0 Å². The third-order valence-electron chi connectivity index (χ3n) is 3.70. The van der Waals surface area contributed by atoms with Crippen molar-refractivity contribution in [2.75, 3.05) is 19.6 Å². The lowest BCUT2D eigenvalue weighted by molar-refractivity contribution is 0.203. The summed E-state index contributed by atoms with van der Waals surface area (Å²) < 4.78 is 27.8. The molecule has 1 aromatic heterocycles. The van der Waals surface area contributed by atoms with Gasteiger partial charge in [-0.1, -0.05) is 6.92 Å². The SMILES string of the molecule is CC1CCN(S(=O)(=O)c2cnn(C)c2)CC1CN. The molecule has 1 aromatic rings. The highest BCUT2D eigenvalue weighted by atomic mass is 32.2. The molecule has 0 aromatic carbocycles. The predicted molar refractivity (Wildman–Crippen MR) is 68.3 cm³/mol. The molecule has 0 aliphatic carbocycles. The molecule has 0 bridgehead atoms. The standard InChI is InChI=1S/C11H20N4O2S/c1-9-3-4-15(7-10(9)5-12)18(16,17)11-6-13-14(2)8-11/h6,8-10H,3-5,7,12H2,1-2H3. The van der Waals surface area contributed by atoms with Crippen molar-refractivity contribution in [1.82, 2.24) is 14.1 Å². The maximum absolute atomic E-state index is 12.4. The van der Waals surface area contributed by atoms with Crippen LogP contribution >= 0.6 is 0 Å². The Hall–Kier alpha value is -0.920. The molecule has 1 aliphatic heterocycles. The molecule has 2 heterocycles. The molecule has 2 unspecified atom stereocenters. The highest BCUT2D eigenvalue weighted by Crippen LogP contribution is 2.26. The Kier molecular flexibility index (Phi) is 3.74. The first kappa shape index (κ1) is 13.5. The number of hydrogen-bond acceptors (Lipinski definition) is 4. The molecule has 0 saturated carbocycles. The number of hydrogen-bond donors (Lipinski definition) is 1. The van der Waals surface area contributed by atoms with E-state index in [-0.39, 0.29) is 10.8 Å². The lowest BCUT2D eigenvalue weighted by Gasteiger charge is -2.35. The van der Waals surface area contributed by atoms with Gasteiger partial charge in [0, 0.05) is 26.3 Å². The zero-order chi connectivity index (χ0) is 13.3. The Labute approximate surface area is 108 Å². The minimum atomic E-state index is -3.41. The Bertz CT molecular complexity index is 511. The van der Waals surface area contributed by atoms with E-state index < -0.39 is 10.0 Å². The second kappa shape index (κ2) is 4.99. The minimum absolute atomic E-state index is 0.241. The van der Waals surface area contributed by atoms with Crippen molar-refractivity contribution in [2.24, 2.45) is 24.6 Å². The zero-order valence-electron chi connectivity index (χ0n) is 10.8. The third kappa shape index (κ3) is 2.43. The number of aromatic nitrogens is 2. The van der Waals surface area contributed by atoms with Gasteiger partial charge in [-0.05, 0) is 24.8 Å². The third-order valence-corrected chi connectivity index (χ3v) is 5.52. The molecule has 0 spiro atoms. The van der Waals surface area contributed by atoms with Gasteiger partial charge in [-0.15, -0.1) is 0 Å². The van der Waals surface area contributed by atoms with Gasteiger partial charge in [0.1, 0.15) is 4.90 Å². The fraction of sp³-hybridized carbons (Fsp3) is 0.727. The number of piperidine rings is 1. The molecule has 0 amide bonds. The molecule has 0 radical (unpaired) electrons. The van der Waals surface area contributed by atoms with Crippen LogP contribution in [0.4, 0.5) is 0 Å². The number of sulfonamides is 1. The van der Waals surface area contributed by atoms with E-state index in [1.807, 2.05) is 0 Å². The molecular weight excluding hydrogens is 252 g/mol. The molecule has 2 rings (SSSR count). The predicted octanol–water partition coefficient (Wildman–Crippen LogP) is 0.0255. The molecule has 2 N–H and O–H groups in total. The van der Waals surface area contributed by atoms with Crippen molar-refractivity contribution < 1.29 is 8.42 Å².